The van der Waals surface area contributed by atoms with Gasteiger partial charge in [-0.1, -0.05) is 12.8 Å². The van der Waals surface area contributed by atoms with Crippen LogP contribution >= 0.6 is 0 Å². The van der Waals surface area contributed by atoms with E-state index in [1.165, 1.54) is 12.8 Å². The Morgan fingerprint density at radius 1 is 1.13 bits per heavy atom. The summed E-state index contributed by atoms with van der Waals surface area (Å²) in [6, 6.07) is 0. The molecule has 0 saturated heterocycles. The first-order valence-electron chi connectivity index (χ1n) is 5.66. The molecule has 1 aliphatic rings. The van der Waals surface area contributed by atoms with Crippen LogP contribution in [0.25, 0.3) is 0 Å². The van der Waals surface area contributed by atoms with E-state index in [-0.39, 0.29) is 5.75 Å². The summed E-state index contributed by atoms with van der Waals surface area (Å²) in [5.41, 5.74) is 0. The van der Waals surface area contributed by atoms with Crippen LogP contribution in [0.4, 0.5) is 0 Å². The van der Waals surface area contributed by atoms with Gasteiger partial charge in [-0.2, -0.15) is 0 Å². The third-order valence-corrected chi connectivity index (χ3v) is 3.38. The summed E-state index contributed by atoms with van der Waals surface area (Å²) in [7, 11) is -3.26. The molecule has 4 nitrogen and oxygen atoms in total. The van der Waals surface area contributed by atoms with E-state index >= 15 is 0 Å². The number of rotatable bonds is 9. The van der Waals surface area contributed by atoms with E-state index in [1.807, 2.05) is 0 Å². The molecule has 0 atom stereocenters. The average Bonchev–Trinajstić information content (AvgIpc) is 2.91. The maximum absolute atomic E-state index is 10.6. The van der Waals surface area contributed by atoms with E-state index in [1.54, 1.807) is 0 Å². The Bertz CT molecular complexity index is 260. The van der Waals surface area contributed by atoms with Crippen molar-refractivity contribution in [3.63, 3.8) is 0 Å². The van der Waals surface area contributed by atoms with Crippen LogP contribution in [-0.2, 0) is 14.8 Å². The molecule has 0 radical (unpaired) electrons. The molecule has 90 valence electrons. The lowest BCUT2D eigenvalue weighted by Gasteiger charge is -2.02. The Morgan fingerprint density at radius 3 is 2.40 bits per heavy atom. The SMILES string of the molecule is NS(=O)(=O)CCCCCCOCC1CC1. The zero-order chi connectivity index (χ0) is 11.1. The molecule has 0 amide bonds. The highest BCUT2D eigenvalue weighted by molar-refractivity contribution is 7.89. The molecule has 2 N–H and O–H groups in total. The standard InChI is InChI=1S/C10H21NO3S/c11-15(12,13)8-4-2-1-3-7-14-9-10-5-6-10/h10H,1-9H2,(H2,11,12,13). The van der Waals surface area contributed by atoms with E-state index in [4.69, 9.17) is 9.88 Å². The molecule has 0 aromatic rings. The minimum absolute atomic E-state index is 0.107. The van der Waals surface area contributed by atoms with Crippen molar-refractivity contribution in [2.45, 2.75) is 38.5 Å². The second kappa shape index (κ2) is 6.45. The van der Waals surface area contributed by atoms with Crippen LogP contribution in [0.2, 0.25) is 0 Å². The number of unbranched alkanes of at least 4 members (excludes halogenated alkanes) is 3. The van der Waals surface area contributed by atoms with Gasteiger partial charge in [0.25, 0.3) is 0 Å². The number of primary sulfonamides is 1. The van der Waals surface area contributed by atoms with E-state index in [0.29, 0.717) is 6.42 Å². The molecule has 0 heterocycles. The Labute approximate surface area is 92.2 Å². The maximum atomic E-state index is 10.6. The molecule has 1 fully saturated rings. The third kappa shape index (κ3) is 8.84. The van der Waals surface area contributed by atoms with Crippen molar-refractivity contribution in [1.82, 2.24) is 0 Å². The lowest BCUT2D eigenvalue weighted by atomic mass is 10.2. The number of hydrogen-bond donors (Lipinski definition) is 1. The largest absolute Gasteiger partial charge is 0.381 e. The van der Waals surface area contributed by atoms with Gasteiger partial charge in [0.2, 0.25) is 10.0 Å². The van der Waals surface area contributed by atoms with E-state index in [0.717, 1.165) is 38.4 Å². The number of sulfonamides is 1. The highest BCUT2D eigenvalue weighted by Crippen LogP contribution is 2.28. The summed E-state index contributed by atoms with van der Waals surface area (Å²) in [4.78, 5) is 0. The lowest BCUT2D eigenvalue weighted by molar-refractivity contribution is 0.120. The average molecular weight is 235 g/mol. The maximum Gasteiger partial charge on any atom is 0.209 e. The Kier molecular flexibility index (Phi) is 5.56. The molecule has 1 saturated carbocycles. The van der Waals surface area contributed by atoms with Gasteiger partial charge < -0.3 is 4.74 Å². The van der Waals surface area contributed by atoms with Crippen LogP contribution in [-0.4, -0.2) is 27.4 Å². The van der Waals surface area contributed by atoms with Gasteiger partial charge in [-0.15, -0.1) is 0 Å². The molecule has 0 unspecified atom stereocenters. The second-order valence-corrected chi connectivity index (χ2v) is 6.03. The van der Waals surface area contributed by atoms with Gasteiger partial charge in [0, 0.05) is 13.2 Å². The molecule has 1 aliphatic carbocycles. The molecule has 15 heavy (non-hydrogen) atoms. The minimum atomic E-state index is -3.26. The van der Waals surface area contributed by atoms with Crippen molar-refractivity contribution in [2.24, 2.45) is 11.1 Å². The fourth-order valence-corrected chi connectivity index (χ4v) is 2.00. The van der Waals surface area contributed by atoms with E-state index in [9.17, 15) is 8.42 Å². The van der Waals surface area contributed by atoms with Gasteiger partial charge in [0.1, 0.15) is 0 Å². The Balaban J connectivity index is 1.76. The van der Waals surface area contributed by atoms with Gasteiger partial charge in [0.05, 0.1) is 5.75 Å². The van der Waals surface area contributed by atoms with Crippen LogP contribution < -0.4 is 5.14 Å². The molecule has 0 aromatic heterocycles. The van der Waals surface area contributed by atoms with Crippen molar-refractivity contribution >= 4 is 10.0 Å². The van der Waals surface area contributed by atoms with Crippen molar-refractivity contribution < 1.29 is 13.2 Å². The summed E-state index contributed by atoms with van der Waals surface area (Å²) in [6.07, 6.45) is 6.30. The third-order valence-electron chi connectivity index (χ3n) is 2.52. The predicted molar refractivity (Wildman–Crippen MR) is 60.0 cm³/mol. The highest BCUT2D eigenvalue weighted by atomic mass is 32.2. The number of ether oxygens (including phenoxy) is 1. The van der Waals surface area contributed by atoms with Gasteiger partial charge >= 0.3 is 0 Å². The van der Waals surface area contributed by atoms with E-state index in [2.05, 4.69) is 0 Å². The lowest BCUT2D eigenvalue weighted by Crippen LogP contribution is -2.16. The van der Waals surface area contributed by atoms with Gasteiger partial charge in [-0.05, 0) is 31.6 Å². The molecule has 0 spiro atoms. The first-order valence-corrected chi connectivity index (χ1v) is 7.38. The fraction of sp³-hybridized carbons (Fsp3) is 1.00. The zero-order valence-corrected chi connectivity index (χ0v) is 9.97. The smallest absolute Gasteiger partial charge is 0.209 e. The van der Waals surface area contributed by atoms with Crippen molar-refractivity contribution in [3.8, 4) is 0 Å². The summed E-state index contributed by atoms with van der Waals surface area (Å²) in [5.74, 6) is 0.933. The van der Waals surface area contributed by atoms with E-state index < -0.39 is 10.0 Å². The molecule has 5 heteroatoms. The summed E-state index contributed by atoms with van der Waals surface area (Å²) < 4.78 is 26.7. The van der Waals surface area contributed by atoms with Crippen LogP contribution in [0.3, 0.4) is 0 Å². The molecule has 0 aromatic carbocycles. The summed E-state index contributed by atoms with van der Waals surface area (Å²) in [6.45, 7) is 1.73. The van der Waals surface area contributed by atoms with Gasteiger partial charge in [0.15, 0.2) is 0 Å². The quantitative estimate of drug-likeness (QED) is 0.612. The first kappa shape index (κ1) is 12.9. The molecule has 0 aliphatic heterocycles. The molecule has 1 rings (SSSR count). The molecule has 0 bridgehead atoms. The molecular weight excluding hydrogens is 214 g/mol. The minimum Gasteiger partial charge on any atom is -0.381 e. The number of nitrogens with two attached hydrogens (primary N) is 1. The highest BCUT2D eigenvalue weighted by Gasteiger charge is 2.20. The van der Waals surface area contributed by atoms with Crippen molar-refractivity contribution in [3.05, 3.63) is 0 Å². The summed E-state index contributed by atoms with van der Waals surface area (Å²) in [5, 5.41) is 4.89. The second-order valence-electron chi connectivity index (χ2n) is 4.30. The van der Waals surface area contributed by atoms with Crippen LogP contribution in [0.5, 0.6) is 0 Å². The summed E-state index contributed by atoms with van der Waals surface area (Å²) >= 11 is 0. The van der Waals surface area contributed by atoms with Crippen molar-refractivity contribution in [1.29, 1.82) is 0 Å². The normalized spacial score (nSPS) is 16.9. The number of hydrogen-bond acceptors (Lipinski definition) is 3. The topological polar surface area (TPSA) is 69.4 Å². The monoisotopic (exact) mass is 235 g/mol. The predicted octanol–water partition coefficient (Wildman–Crippen LogP) is 1.26. The fourth-order valence-electron chi connectivity index (χ4n) is 1.40. The Morgan fingerprint density at radius 2 is 1.80 bits per heavy atom. The van der Waals surface area contributed by atoms with Crippen LogP contribution in [0, 0.1) is 5.92 Å². The zero-order valence-electron chi connectivity index (χ0n) is 9.15. The van der Waals surface area contributed by atoms with Crippen LogP contribution in [0.1, 0.15) is 38.5 Å². The van der Waals surface area contributed by atoms with Crippen molar-refractivity contribution in [2.75, 3.05) is 19.0 Å². The Hall–Kier alpha value is -0.130. The first-order chi connectivity index (χ1) is 7.08. The van der Waals surface area contributed by atoms with Gasteiger partial charge in [-0.3, -0.25) is 0 Å². The van der Waals surface area contributed by atoms with Gasteiger partial charge in [-0.25, -0.2) is 13.6 Å². The molecular formula is C10H21NO3S. The van der Waals surface area contributed by atoms with Crippen LogP contribution in [0.15, 0.2) is 0 Å².